The third-order valence-electron chi connectivity index (χ3n) is 42.9. The molecule has 3 aliphatic heterocycles. The lowest BCUT2D eigenvalue weighted by molar-refractivity contribution is -0.171. The van der Waals surface area contributed by atoms with E-state index < -0.39 is 0 Å². The molecule has 0 radical (unpaired) electrons. The number of likely N-dealkylation sites (tertiary alicyclic amines) is 1. The third kappa shape index (κ3) is 13.2. The molecule has 3 nitrogen and oxygen atoms in total. The summed E-state index contributed by atoms with van der Waals surface area (Å²) in [4.78, 5) is 11.7. The van der Waals surface area contributed by atoms with E-state index >= 15 is 0 Å². The van der Waals surface area contributed by atoms with Gasteiger partial charge in [0.25, 0.3) is 0 Å². The quantitative estimate of drug-likeness (QED) is 0.202. The van der Waals surface area contributed by atoms with Gasteiger partial charge in [-0.1, -0.05) is 297 Å². The molecule has 3 heterocycles. The first-order chi connectivity index (χ1) is 52.3. The minimum atomic E-state index is 0.344. The first-order valence-electron chi connectivity index (χ1n) is 51.6. The molecule has 0 N–H and O–H groups in total. The predicted octanol–water partition coefficient (Wildman–Crippen LogP) is 27.3. The molecule has 106 heavy (non-hydrogen) atoms. The van der Waals surface area contributed by atoms with E-state index in [1.54, 1.807) is 372 Å². The van der Waals surface area contributed by atoms with Gasteiger partial charge in [0.2, 0.25) is 0 Å². The molecule has 21 fully saturated rings. The van der Waals surface area contributed by atoms with E-state index in [2.05, 4.69) is 35.5 Å². The largest absolute Gasteiger partial charge is 0.295 e. The zero-order chi connectivity index (χ0) is 70.3. The molecule has 0 bridgehead atoms. The van der Waals surface area contributed by atoms with Gasteiger partial charge in [0.1, 0.15) is 0 Å². The van der Waals surface area contributed by atoms with Crippen molar-refractivity contribution in [3.63, 3.8) is 0 Å². The molecule has 27 atom stereocenters. The lowest BCUT2D eigenvalue weighted by Gasteiger charge is -2.73. The van der Waals surface area contributed by atoms with Crippen molar-refractivity contribution < 1.29 is 0 Å². The van der Waals surface area contributed by atoms with Crippen molar-refractivity contribution >= 4 is 6.71 Å². The molecule has 18 saturated carbocycles. The van der Waals surface area contributed by atoms with Gasteiger partial charge in [0, 0.05) is 54.4 Å². The molecule has 0 amide bonds. The molecule has 0 spiro atoms. The van der Waals surface area contributed by atoms with Crippen LogP contribution in [0.3, 0.4) is 0 Å². The van der Waals surface area contributed by atoms with Crippen LogP contribution in [0.5, 0.6) is 0 Å². The Bertz CT molecular complexity index is 2780. The van der Waals surface area contributed by atoms with Crippen molar-refractivity contribution in [3.05, 3.63) is 0 Å². The normalized spacial score (nSPS) is 50.9. The fourth-order valence-electron chi connectivity index (χ4n) is 39.5. The Labute approximate surface area is 655 Å². The Morgan fingerprint density at radius 1 is 0.208 bits per heavy atom. The Hall–Kier alpha value is -0.0551. The van der Waals surface area contributed by atoms with E-state index in [0.717, 1.165) is 226 Å². The van der Waals surface area contributed by atoms with Crippen LogP contribution in [0.4, 0.5) is 0 Å². The Morgan fingerprint density at radius 3 is 1.04 bits per heavy atom. The van der Waals surface area contributed by atoms with Crippen molar-refractivity contribution in [3.8, 4) is 0 Å². The Balaban J connectivity index is 0.745. The molecule has 594 valence electrons. The predicted molar refractivity (Wildman–Crippen MR) is 445 cm³/mol. The van der Waals surface area contributed by atoms with Crippen LogP contribution in [0.15, 0.2) is 0 Å². The summed E-state index contributed by atoms with van der Waals surface area (Å²) in [5, 5.41) is 0. The van der Waals surface area contributed by atoms with E-state index in [-0.39, 0.29) is 0 Å². The molecular formula is C102H168BN3. The topological polar surface area (TPSA) is 9.72 Å². The van der Waals surface area contributed by atoms with E-state index in [4.69, 9.17) is 0 Å². The zero-order valence-electron chi connectivity index (χ0n) is 69.9. The molecular weight excluding hydrogens is 1280 g/mol. The van der Waals surface area contributed by atoms with Crippen molar-refractivity contribution in [2.75, 3.05) is 0 Å². The average molecular weight is 1450 g/mol. The smallest absolute Gasteiger partial charge is 0.156 e. The fraction of sp³-hybridized carbons (Fsp3) is 1.00. The van der Waals surface area contributed by atoms with E-state index in [1.807, 2.05) is 0 Å². The highest BCUT2D eigenvalue weighted by Crippen LogP contribution is 2.72. The van der Waals surface area contributed by atoms with Gasteiger partial charge in [-0.15, -0.1) is 0 Å². The summed E-state index contributed by atoms with van der Waals surface area (Å²) in [6, 6.07) is 7.78. The maximum Gasteiger partial charge on any atom is 0.156 e. The maximum atomic E-state index is 4.07. The van der Waals surface area contributed by atoms with Crippen molar-refractivity contribution in [2.45, 2.75) is 484 Å². The minimum absolute atomic E-state index is 0.344. The monoisotopic (exact) mass is 1450 g/mol. The molecule has 3 saturated heterocycles. The van der Waals surface area contributed by atoms with Gasteiger partial charge < -0.3 is 0 Å². The van der Waals surface area contributed by atoms with Gasteiger partial charge in [-0.2, -0.15) is 0 Å². The van der Waals surface area contributed by atoms with Gasteiger partial charge in [-0.05, 0) is 286 Å². The molecule has 27 unspecified atom stereocenters. The highest BCUT2D eigenvalue weighted by Gasteiger charge is 2.71. The van der Waals surface area contributed by atoms with Crippen molar-refractivity contribution in [1.29, 1.82) is 0 Å². The van der Waals surface area contributed by atoms with Gasteiger partial charge >= 0.3 is 0 Å². The average Bonchev–Trinajstić information content (AvgIpc) is 0.699. The van der Waals surface area contributed by atoms with E-state index in [9.17, 15) is 0 Å². The molecule has 0 aromatic carbocycles. The summed E-state index contributed by atoms with van der Waals surface area (Å²) in [7, 11) is 0. The number of fused-ring (bicyclic) bond motifs is 9. The molecule has 21 aliphatic rings. The fourth-order valence-corrected chi connectivity index (χ4v) is 39.5. The van der Waals surface area contributed by atoms with Gasteiger partial charge in [0.05, 0.1) is 0 Å². The summed E-state index contributed by atoms with van der Waals surface area (Å²) in [6.07, 6.45) is 97.3. The van der Waals surface area contributed by atoms with Crippen LogP contribution in [0.2, 0.25) is 17.5 Å². The lowest BCUT2D eigenvalue weighted by Crippen LogP contribution is -2.77. The second-order valence-electron chi connectivity index (χ2n) is 47.5. The zero-order valence-corrected chi connectivity index (χ0v) is 69.9. The van der Waals surface area contributed by atoms with Crippen LogP contribution in [0.25, 0.3) is 0 Å². The molecule has 18 aliphatic carbocycles. The van der Waals surface area contributed by atoms with Gasteiger partial charge in [-0.3, -0.25) is 14.7 Å². The highest BCUT2D eigenvalue weighted by molar-refractivity contribution is 6.65. The van der Waals surface area contributed by atoms with E-state index in [0.29, 0.717) is 5.41 Å². The molecule has 0 aromatic rings. The summed E-state index contributed by atoms with van der Waals surface area (Å²) in [5.41, 5.74) is 0.344. The van der Waals surface area contributed by atoms with Crippen LogP contribution in [0, 0.1) is 153 Å². The second kappa shape index (κ2) is 31.4. The van der Waals surface area contributed by atoms with Crippen LogP contribution in [-0.4, -0.2) is 75.8 Å². The minimum Gasteiger partial charge on any atom is -0.295 e. The summed E-state index contributed by atoms with van der Waals surface area (Å²) in [6.45, 7) is 9.67. The number of hydrogen-bond donors (Lipinski definition) is 0. The SMILES string of the molecule is CC(C)(C)C1CC2C3B(C4CCC(C5CCC6CCCC7C8CCCC9CCCC(C98)C5C67)CC4N2C2C(C4CCCCC4)CC(C4CCCCC4)CC2C2CCCCC2)C2CCC(N4C5CCCCC5C5CCCCC54)CC2N(C2C(C4CCCCC4)CC(C4CCCCC4)CC2C2CCCCC2)C3C1. The first-order valence-corrected chi connectivity index (χ1v) is 51.6. The van der Waals surface area contributed by atoms with Crippen LogP contribution < -0.4 is 0 Å². The van der Waals surface area contributed by atoms with Crippen LogP contribution in [-0.2, 0) is 0 Å². The van der Waals surface area contributed by atoms with Crippen molar-refractivity contribution in [2.24, 2.45) is 153 Å². The number of rotatable bonds is 10. The van der Waals surface area contributed by atoms with Crippen LogP contribution >= 0.6 is 0 Å². The molecule has 0 aromatic heterocycles. The highest BCUT2D eigenvalue weighted by atomic mass is 15.3. The standard InChI is InChI=1S/C102H168BN3/c1-102(2,3)76-62-94-99-95(63-76)106(101-86(69-37-18-8-19-38-69)59-75(66-31-12-5-13-32-66)60-87(101)70-39-20-9-21-40-70)93-64-77(104-90-49-24-22-44-79(90)80-45-23-25-50-91(80)104)53-56-89(93)103(99)88-55-52-73(78-54-51-72-43-27-47-82-81-46-26-41-71-42-28-48-83(96(71)81)98(78)97(72)82)61-92(88)105(94)100-84(67-33-14-6-15-34-67)57-74(65-29-10-4-11-30-65)58-85(100)68-35-16-7-17-36-68/h65-101H,4-64H2,1-3H3. The molecule has 21 rings (SSSR count). The first kappa shape index (κ1) is 73.6. The summed E-state index contributed by atoms with van der Waals surface area (Å²) < 4.78 is 0. The van der Waals surface area contributed by atoms with E-state index in [1.165, 1.54) is 19.3 Å². The Morgan fingerprint density at radius 2 is 0.575 bits per heavy atom. The Kier molecular flexibility index (Phi) is 21.8. The number of hydrogen-bond acceptors (Lipinski definition) is 3. The third-order valence-corrected chi connectivity index (χ3v) is 42.9. The molecule has 4 heteroatoms. The maximum absolute atomic E-state index is 4.07. The van der Waals surface area contributed by atoms with Gasteiger partial charge in [0.15, 0.2) is 6.71 Å². The van der Waals surface area contributed by atoms with Crippen LogP contribution in [0.1, 0.15) is 412 Å². The summed E-state index contributed by atoms with van der Waals surface area (Å²) in [5.74, 6) is 28.6. The van der Waals surface area contributed by atoms with Crippen molar-refractivity contribution in [1.82, 2.24) is 14.7 Å². The van der Waals surface area contributed by atoms with Gasteiger partial charge in [-0.25, -0.2) is 0 Å². The lowest BCUT2D eigenvalue weighted by atomic mass is 9.18. The summed E-state index contributed by atoms with van der Waals surface area (Å²) >= 11 is 0. The second-order valence-corrected chi connectivity index (χ2v) is 47.5. The number of nitrogens with zero attached hydrogens (tertiary/aromatic N) is 3.